The Hall–Kier alpha value is -1.36. The van der Waals surface area contributed by atoms with Crippen molar-refractivity contribution in [2.24, 2.45) is 0 Å². The highest BCUT2D eigenvalue weighted by atomic mass is 32.2. The molecule has 2 N–H and O–H groups in total. The Kier molecular flexibility index (Phi) is 6.63. The van der Waals surface area contributed by atoms with E-state index >= 15 is 0 Å². The molecule has 7 nitrogen and oxygen atoms in total. The van der Waals surface area contributed by atoms with Crippen molar-refractivity contribution in [2.45, 2.75) is 11.9 Å². The standard InChI is InChI=1S/C13H18FN3O4S2/c14-7-4-9-17(11-5-2-1-3-6-11)13(18)21-23(19,20)16-12-15-8-10-22-12/h1-3,5-6,12,15-16H,4,7-10H2. The molecular formula is C13H18FN3O4S2. The van der Waals surface area contributed by atoms with Crippen LogP contribution in [0.2, 0.25) is 0 Å². The van der Waals surface area contributed by atoms with Gasteiger partial charge in [0.25, 0.3) is 0 Å². The lowest BCUT2D eigenvalue weighted by Gasteiger charge is -2.22. The first-order valence-electron chi connectivity index (χ1n) is 7.01. The number of carbonyl (C=O) groups is 1. The molecule has 128 valence electrons. The topological polar surface area (TPSA) is 87.7 Å². The van der Waals surface area contributed by atoms with Crippen LogP contribution in [0.5, 0.6) is 0 Å². The number of thioether (sulfide) groups is 1. The van der Waals surface area contributed by atoms with E-state index in [-0.39, 0.29) is 13.0 Å². The Labute approximate surface area is 138 Å². The molecule has 0 aliphatic carbocycles. The zero-order valence-corrected chi connectivity index (χ0v) is 13.9. The molecule has 1 heterocycles. The van der Waals surface area contributed by atoms with Crippen LogP contribution < -0.4 is 14.9 Å². The molecule has 0 radical (unpaired) electrons. The van der Waals surface area contributed by atoms with Gasteiger partial charge in [0.05, 0.1) is 6.67 Å². The molecule has 10 heteroatoms. The van der Waals surface area contributed by atoms with Crippen molar-refractivity contribution in [3.8, 4) is 0 Å². The number of carbonyl (C=O) groups excluding carboxylic acids is 1. The van der Waals surface area contributed by atoms with Gasteiger partial charge in [0.1, 0.15) is 5.50 Å². The van der Waals surface area contributed by atoms with Crippen LogP contribution in [0.3, 0.4) is 0 Å². The maximum atomic E-state index is 12.4. The summed E-state index contributed by atoms with van der Waals surface area (Å²) in [6, 6.07) is 8.37. The molecule has 1 aromatic rings. The van der Waals surface area contributed by atoms with Crippen LogP contribution in [-0.4, -0.2) is 45.5 Å². The molecule has 1 aromatic carbocycles. The van der Waals surface area contributed by atoms with Crippen molar-refractivity contribution in [1.82, 2.24) is 10.0 Å². The quantitative estimate of drug-likeness (QED) is 0.762. The van der Waals surface area contributed by atoms with Crippen molar-refractivity contribution in [3.63, 3.8) is 0 Å². The normalized spacial score (nSPS) is 17.9. The second-order valence-corrected chi connectivity index (χ2v) is 7.18. The molecule has 0 saturated carbocycles. The number of nitrogens with zero attached hydrogens (tertiary/aromatic N) is 1. The van der Waals surface area contributed by atoms with E-state index in [9.17, 15) is 17.6 Å². The van der Waals surface area contributed by atoms with Gasteiger partial charge < -0.3 is 4.18 Å². The number of hydrogen-bond acceptors (Lipinski definition) is 6. The number of benzene rings is 1. The van der Waals surface area contributed by atoms with Gasteiger partial charge in [0, 0.05) is 24.5 Å². The van der Waals surface area contributed by atoms with Crippen LogP contribution in [0.4, 0.5) is 14.9 Å². The highest BCUT2D eigenvalue weighted by Gasteiger charge is 2.27. The van der Waals surface area contributed by atoms with E-state index < -0.39 is 28.6 Å². The predicted octanol–water partition coefficient (Wildman–Crippen LogP) is 1.44. The average molecular weight is 363 g/mol. The van der Waals surface area contributed by atoms with Gasteiger partial charge in [-0.15, -0.1) is 11.8 Å². The summed E-state index contributed by atoms with van der Waals surface area (Å²) >= 11 is 1.36. The van der Waals surface area contributed by atoms with Gasteiger partial charge in [-0.25, -0.2) is 4.79 Å². The summed E-state index contributed by atoms with van der Waals surface area (Å²) in [6.07, 6.45) is -0.988. The zero-order valence-electron chi connectivity index (χ0n) is 12.3. The van der Waals surface area contributed by atoms with Crippen LogP contribution in [0.15, 0.2) is 30.3 Å². The molecule has 1 unspecified atom stereocenters. The molecule has 1 atom stereocenters. The smallest absolute Gasteiger partial charge is 0.315 e. The maximum absolute atomic E-state index is 12.4. The monoisotopic (exact) mass is 363 g/mol. The van der Waals surface area contributed by atoms with Gasteiger partial charge in [-0.2, -0.15) is 13.1 Å². The van der Waals surface area contributed by atoms with Gasteiger partial charge in [-0.05, 0) is 18.6 Å². The average Bonchev–Trinajstić information content (AvgIpc) is 3.00. The highest BCUT2D eigenvalue weighted by Crippen LogP contribution is 2.17. The number of halogens is 1. The fourth-order valence-electron chi connectivity index (χ4n) is 1.95. The second-order valence-electron chi connectivity index (χ2n) is 4.66. The first-order chi connectivity index (χ1) is 11.0. The number of rotatable bonds is 7. The molecule has 1 fully saturated rings. The van der Waals surface area contributed by atoms with E-state index in [4.69, 9.17) is 0 Å². The van der Waals surface area contributed by atoms with Gasteiger partial charge in [-0.3, -0.25) is 14.6 Å². The molecule has 1 saturated heterocycles. The Morgan fingerprint density at radius 2 is 2.17 bits per heavy atom. The summed E-state index contributed by atoms with van der Waals surface area (Å²) in [5.41, 5.74) is -0.0849. The number of hydrogen-bond donors (Lipinski definition) is 2. The lowest BCUT2D eigenvalue weighted by atomic mass is 10.3. The number of amides is 1. The molecule has 1 aliphatic heterocycles. The third-order valence-electron chi connectivity index (χ3n) is 2.95. The van der Waals surface area contributed by atoms with E-state index in [1.54, 1.807) is 30.3 Å². The maximum Gasteiger partial charge on any atom is 0.430 e. The van der Waals surface area contributed by atoms with Gasteiger partial charge >= 0.3 is 16.4 Å². The summed E-state index contributed by atoms with van der Waals surface area (Å²) in [6.45, 7) is 0.0635. The van der Waals surface area contributed by atoms with Crippen molar-refractivity contribution >= 4 is 33.8 Å². The van der Waals surface area contributed by atoms with Crippen molar-refractivity contribution in [3.05, 3.63) is 30.3 Å². The summed E-state index contributed by atoms with van der Waals surface area (Å²) in [5.74, 6) is 0.758. The van der Waals surface area contributed by atoms with Crippen LogP contribution >= 0.6 is 11.8 Å². The van der Waals surface area contributed by atoms with Gasteiger partial charge in [0.15, 0.2) is 0 Å². The van der Waals surface area contributed by atoms with E-state index in [0.29, 0.717) is 12.2 Å². The highest BCUT2D eigenvalue weighted by molar-refractivity contribution is 8.00. The molecular weight excluding hydrogens is 345 g/mol. The largest absolute Gasteiger partial charge is 0.430 e. The van der Waals surface area contributed by atoms with Crippen molar-refractivity contribution in [2.75, 3.05) is 30.4 Å². The predicted molar refractivity (Wildman–Crippen MR) is 87.2 cm³/mol. The number of alkyl halides is 1. The minimum Gasteiger partial charge on any atom is -0.315 e. The van der Waals surface area contributed by atoms with Gasteiger partial charge in [-0.1, -0.05) is 18.2 Å². The van der Waals surface area contributed by atoms with Crippen LogP contribution in [0.1, 0.15) is 6.42 Å². The van der Waals surface area contributed by atoms with E-state index in [2.05, 4.69) is 14.2 Å². The number of nitrogens with one attached hydrogen (secondary N) is 2. The first kappa shape index (κ1) is 18.0. The third kappa shape index (κ3) is 5.65. The van der Waals surface area contributed by atoms with E-state index in [0.717, 1.165) is 10.7 Å². The van der Waals surface area contributed by atoms with E-state index in [1.165, 1.54) is 11.8 Å². The van der Waals surface area contributed by atoms with Crippen LogP contribution in [0.25, 0.3) is 0 Å². The fraction of sp³-hybridized carbons (Fsp3) is 0.462. The summed E-state index contributed by atoms with van der Waals surface area (Å²) in [7, 11) is -4.26. The molecule has 2 rings (SSSR count). The second kappa shape index (κ2) is 8.48. The lowest BCUT2D eigenvalue weighted by molar-refractivity contribution is 0.208. The van der Waals surface area contributed by atoms with Crippen molar-refractivity contribution in [1.29, 1.82) is 0 Å². The summed E-state index contributed by atoms with van der Waals surface area (Å²) in [5, 5.41) is 2.90. The summed E-state index contributed by atoms with van der Waals surface area (Å²) in [4.78, 5) is 13.3. The molecule has 0 aromatic heterocycles. The SMILES string of the molecule is O=C(OS(=O)(=O)NC1NCCS1)N(CCCF)c1ccccc1. The van der Waals surface area contributed by atoms with Gasteiger partial charge in [0.2, 0.25) is 0 Å². The Morgan fingerprint density at radius 1 is 1.43 bits per heavy atom. The first-order valence-corrected chi connectivity index (χ1v) is 9.47. The minimum absolute atomic E-state index is 0.0191. The Balaban J connectivity index is 2.04. The van der Waals surface area contributed by atoms with E-state index in [1.807, 2.05) is 0 Å². The van der Waals surface area contributed by atoms with Crippen LogP contribution in [-0.2, 0) is 14.5 Å². The van der Waals surface area contributed by atoms with Crippen molar-refractivity contribution < 1.29 is 21.8 Å². The number of para-hydroxylation sites is 1. The molecule has 1 aliphatic rings. The molecule has 0 bridgehead atoms. The minimum atomic E-state index is -4.26. The lowest BCUT2D eigenvalue weighted by Crippen LogP contribution is -2.43. The summed E-state index contributed by atoms with van der Waals surface area (Å²) < 4.78 is 43.0. The molecule has 0 spiro atoms. The third-order valence-corrected chi connectivity index (χ3v) is 5.05. The van der Waals surface area contributed by atoms with Crippen LogP contribution in [0, 0.1) is 0 Å². The molecule has 23 heavy (non-hydrogen) atoms. The fourth-order valence-corrected chi connectivity index (χ4v) is 3.95. The number of anilines is 1. The molecule has 1 amide bonds. The zero-order chi connectivity index (χ0) is 16.7. The Bertz CT molecular complexity index is 609. The Morgan fingerprint density at radius 3 is 2.78 bits per heavy atom.